The van der Waals surface area contributed by atoms with E-state index in [0.717, 1.165) is 33.8 Å². The molecule has 35 heavy (non-hydrogen) atoms. The first kappa shape index (κ1) is 22.3. The zero-order valence-corrected chi connectivity index (χ0v) is 19.7. The summed E-state index contributed by atoms with van der Waals surface area (Å²) in [5.74, 6) is 2.51. The molecule has 0 fully saturated rings. The number of nitrogens with one attached hydrogen (secondary N) is 1. The molecule has 0 radical (unpaired) electrons. The maximum Gasteiger partial charge on any atom is 0.255 e. The summed E-state index contributed by atoms with van der Waals surface area (Å²) in [6.07, 6.45) is -0.432. The lowest BCUT2D eigenvalue weighted by Crippen LogP contribution is -2.17. The van der Waals surface area contributed by atoms with Crippen molar-refractivity contribution >= 4 is 11.6 Å². The van der Waals surface area contributed by atoms with E-state index in [2.05, 4.69) is 5.32 Å². The van der Waals surface area contributed by atoms with Crippen LogP contribution in [-0.4, -0.2) is 27.2 Å². The van der Waals surface area contributed by atoms with Crippen molar-refractivity contribution in [2.75, 3.05) is 26.6 Å². The van der Waals surface area contributed by atoms with Crippen molar-refractivity contribution in [2.24, 2.45) is 0 Å². The van der Waals surface area contributed by atoms with E-state index in [0.29, 0.717) is 22.7 Å². The molecule has 1 amide bonds. The first-order valence-corrected chi connectivity index (χ1v) is 11.2. The third-order valence-corrected chi connectivity index (χ3v) is 6.06. The second-order valence-electron chi connectivity index (χ2n) is 8.07. The minimum absolute atomic E-state index is 0.178. The molecule has 1 unspecified atom stereocenters. The van der Waals surface area contributed by atoms with Crippen molar-refractivity contribution in [1.29, 1.82) is 0 Å². The maximum atomic E-state index is 12.8. The fourth-order valence-corrected chi connectivity index (χ4v) is 4.38. The average molecular weight is 468 g/mol. The zero-order valence-electron chi connectivity index (χ0n) is 19.7. The molecular weight excluding hydrogens is 442 g/mol. The summed E-state index contributed by atoms with van der Waals surface area (Å²) >= 11 is 0. The van der Waals surface area contributed by atoms with E-state index in [1.165, 1.54) is 0 Å². The molecule has 0 saturated carbocycles. The molecule has 1 N–H and O–H groups in total. The monoisotopic (exact) mass is 467 g/mol. The summed E-state index contributed by atoms with van der Waals surface area (Å²) in [6, 6.07) is 26.4. The smallest absolute Gasteiger partial charge is 0.255 e. The molecule has 0 aliphatic carbocycles. The number of hydrogen-bond acceptors (Lipinski definition) is 5. The Kier molecular flexibility index (Phi) is 6.02. The Bertz CT molecular complexity index is 1380. The van der Waals surface area contributed by atoms with Crippen LogP contribution in [0.1, 0.15) is 27.6 Å². The van der Waals surface area contributed by atoms with Gasteiger partial charge in [0.05, 0.1) is 26.9 Å². The second-order valence-corrected chi connectivity index (χ2v) is 8.07. The highest BCUT2D eigenvalue weighted by Crippen LogP contribution is 2.50. The van der Waals surface area contributed by atoms with Crippen LogP contribution in [-0.2, 0) is 0 Å². The van der Waals surface area contributed by atoms with Gasteiger partial charge in [0.25, 0.3) is 5.91 Å². The zero-order chi connectivity index (χ0) is 24.4. The van der Waals surface area contributed by atoms with Gasteiger partial charge in [0.15, 0.2) is 11.5 Å². The summed E-state index contributed by atoms with van der Waals surface area (Å²) in [5.41, 5.74) is 4.91. The molecule has 0 aromatic heterocycles. The molecule has 6 nitrogen and oxygen atoms in total. The molecule has 0 spiro atoms. The molecule has 176 valence electrons. The van der Waals surface area contributed by atoms with Crippen LogP contribution in [0.25, 0.3) is 11.1 Å². The van der Waals surface area contributed by atoms with E-state index in [-0.39, 0.29) is 5.91 Å². The van der Waals surface area contributed by atoms with Crippen LogP contribution in [0.15, 0.2) is 84.9 Å². The Hall–Kier alpha value is -4.45. The van der Waals surface area contributed by atoms with Gasteiger partial charge in [-0.1, -0.05) is 36.4 Å². The predicted molar refractivity (Wildman–Crippen MR) is 135 cm³/mol. The van der Waals surface area contributed by atoms with Crippen molar-refractivity contribution in [3.63, 3.8) is 0 Å². The van der Waals surface area contributed by atoms with Crippen LogP contribution in [0, 0.1) is 0 Å². The van der Waals surface area contributed by atoms with Crippen LogP contribution < -0.4 is 24.3 Å². The lowest BCUT2D eigenvalue weighted by Gasteiger charge is -2.31. The van der Waals surface area contributed by atoms with Gasteiger partial charge in [-0.15, -0.1) is 0 Å². The molecule has 1 aliphatic rings. The summed E-state index contributed by atoms with van der Waals surface area (Å²) in [5, 5.41) is 3.00. The van der Waals surface area contributed by atoms with Gasteiger partial charge in [0.1, 0.15) is 17.6 Å². The first-order chi connectivity index (χ1) is 17.1. The standard InChI is InChI=1S/C29H25NO5/c1-32-23-15-12-19(16-26(23)34-3)28-22-17-20(30-29(31)18-8-5-4-6-9-18)13-14-21(22)27-24(33-2)10-7-11-25(27)35-28/h4-17,28H,1-3H3,(H,30,31). The van der Waals surface area contributed by atoms with Crippen molar-refractivity contribution < 1.29 is 23.7 Å². The van der Waals surface area contributed by atoms with E-state index in [1.54, 1.807) is 33.5 Å². The Labute approximate surface area is 204 Å². The predicted octanol–water partition coefficient (Wildman–Crippen LogP) is 6.11. The highest BCUT2D eigenvalue weighted by atomic mass is 16.5. The van der Waals surface area contributed by atoms with Crippen LogP contribution in [0.4, 0.5) is 5.69 Å². The largest absolute Gasteiger partial charge is 0.496 e. The molecule has 0 bridgehead atoms. The van der Waals surface area contributed by atoms with Gasteiger partial charge in [0, 0.05) is 22.4 Å². The summed E-state index contributed by atoms with van der Waals surface area (Å²) in [4.78, 5) is 12.8. The number of carbonyl (C=O) groups is 1. The third kappa shape index (κ3) is 4.15. The number of methoxy groups -OCH3 is 3. The first-order valence-electron chi connectivity index (χ1n) is 11.2. The van der Waals surface area contributed by atoms with Gasteiger partial charge in [-0.3, -0.25) is 4.79 Å². The van der Waals surface area contributed by atoms with Gasteiger partial charge in [-0.25, -0.2) is 0 Å². The topological polar surface area (TPSA) is 66.0 Å². The van der Waals surface area contributed by atoms with E-state index in [9.17, 15) is 4.79 Å². The highest BCUT2D eigenvalue weighted by Gasteiger charge is 2.30. The fourth-order valence-electron chi connectivity index (χ4n) is 4.38. The van der Waals surface area contributed by atoms with E-state index >= 15 is 0 Å². The van der Waals surface area contributed by atoms with Gasteiger partial charge < -0.3 is 24.3 Å². The normalized spacial score (nSPS) is 13.6. The Morgan fingerprint density at radius 1 is 0.771 bits per heavy atom. The van der Waals surface area contributed by atoms with Crippen LogP contribution in [0.3, 0.4) is 0 Å². The highest BCUT2D eigenvalue weighted by molar-refractivity contribution is 6.04. The van der Waals surface area contributed by atoms with Crippen molar-refractivity contribution in [3.8, 4) is 34.1 Å². The molecule has 1 aliphatic heterocycles. The second kappa shape index (κ2) is 9.43. The van der Waals surface area contributed by atoms with E-state index in [1.807, 2.05) is 72.8 Å². The van der Waals surface area contributed by atoms with Crippen LogP contribution in [0.5, 0.6) is 23.0 Å². The van der Waals surface area contributed by atoms with Crippen molar-refractivity contribution in [2.45, 2.75) is 6.10 Å². The SMILES string of the molecule is COc1ccc(C2Oc3cccc(OC)c3-c3ccc(NC(=O)c4ccccc4)cc32)cc1OC. The molecule has 4 aromatic rings. The van der Waals surface area contributed by atoms with Crippen molar-refractivity contribution in [1.82, 2.24) is 0 Å². The third-order valence-electron chi connectivity index (χ3n) is 6.06. The number of anilines is 1. The van der Waals surface area contributed by atoms with Gasteiger partial charge >= 0.3 is 0 Å². The van der Waals surface area contributed by atoms with Gasteiger partial charge in [-0.2, -0.15) is 0 Å². The molecule has 0 saturated heterocycles. The number of ether oxygens (including phenoxy) is 4. The summed E-state index contributed by atoms with van der Waals surface area (Å²) in [6.45, 7) is 0. The van der Waals surface area contributed by atoms with Crippen LogP contribution in [0.2, 0.25) is 0 Å². The Morgan fingerprint density at radius 3 is 2.29 bits per heavy atom. The lowest BCUT2D eigenvalue weighted by atomic mass is 9.88. The van der Waals surface area contributed by atoms with Gasteiger partial charge in [0.2, 0.25) is 0 Å². The Balaban J connectivity index is 1.61. The molecule has 5 rings (SSSR count). The van der Waals surface area contributed by atoms with E-state index in [4.69, 9.17) is 18.9 Å². The van der Waals surface area contributed by atoms with Crippen LogP contribution >= 0.6 is 0 Å². The maximum absolute atomic E-state index is 12.8. The minimum atomic E-state index is -0.432. The van der Waals surface area contributed by atoms with E-state index < -0.39 is 6.10 Å². The molecule has 6 heteroatoms. The number of amides is 1. The minimum Gasteiger partial charge on any atom is -0.496 e. The molecule has 4 aromatic carbocycles. The number of benzene rings is 4. The number of rotatable bonds is 6. The Morgan fingerprint density at radius 2 is 1.54 bits per heavy atom. The van der Waals surface area contributed by atoms with Crippen molar-refractivity contribution in [3.05, 3.63) is 102 Å². The molecule has 1 atom stereocenters. The number of carbonyl (C=O) groups excluding carboxylic acids is 1. The lowest BCUT2D eigenvalue weighted by molar-refractivity contribution is 0.102. The van der Waals surface area contributed by atoms with Gasteiger partial charge in [-0.05, 0) is 54.1 Å². The fraction of sp³-hybridized carbons (Fsp3) is 0.138. The summed E-state index contributed by atoms with van der Waals surface area (Å²) in [7, 11) is 4.85. The molecular formula is C29H25NO5. The quantitative estimate of drug-likeness (QED) is 0.370. The molecule has 1 heterocycles. The average Bonchev–Trinajstić information content (AvgIpc) is 2.92. The number of hydrogen-bond donors (Lipinski definition) is 1. The number of fused-ring (bicyclic) bond motifs is 3. The summed E-state index contributed by atoms with van der Waals surface area (Å²) < 4.78 is 23.1.